The van der Waals surface area contributed by atoms with Gasteiger partial charge in [0, 0.05) is 18.2 Å². The third-order valence-corrected chi connectivity index (χ3v) is 5.50. The first-order valence-electron chi connectivity index (χ1n) is 10.3. The number of nitrogens with zero attached hydrogens (tertiary/aromatic N) is 2. The summed E-state index contributed by atoms with van der Waals surface area (Å²) in [6.07, 6.45) is 2.52. The molecule has 0 atom stereocenters. The molecule has 4 rings (SSSR count). The van der Waals surface area contributed by atoms with Crippen molar-refractivity contribution in [3.05, 3.63) is 91.6 Å². The van der Waals surface area contributed by atoms with Gasteiger partial charge >= 0.3 is 0 Å². The second-order valence-corrected chi connectivity index (χ2v) is 7.64. The number of para-hydroxylation sites is 2. The minimum absolute atomic E-state index is 0.0293. The molecule has 0 fully saturated rings. The van der Waals surface area contributed by atoms with Gasteiger partial charge in [-0.15, -0.1) is 0 Å². The molecule has 2 heterocycles. The number of aromatic amines is 1. The number of benzene rings is 2. The Kier molecular flexibility index (Phi) is 6.13. The Labute approximate surface area is 189 Å². The zero-order valence-electron chi connectivity index (χ0n) is 17.5. The summed E-state index contributed by atoms with van der Waals surface area (Å²) in [6, 6.07) is 16.7. The second kappa shape index (κ2) is 9.15. The van der Waals surface area contributed by atoms with Crippen molar-refractivity contribution < 1.29 is 9.90 Å². The van der Waals surface area contributed by atoms with E-state index >= 15 is 0 Å². The summed E-state index contributed by atoms with van der Waals surface area (Å²) in [7, 11) is 0. The smallest absolute Gasteiger partial charge is 0.262 e. The van der Waals surface area contributed by atoms with Crippen LogP contribution in [0.15, 0.2) is 70.1 Å². The van der Waals surface area contributed by atoms with Gasteiger partial charge in [0.15, 0.2) is 4.77 Å². The number of rotatable bonds is 6. The fraction of sp³-hybridized carbons (Fsp3) is 0.167. The van der Waals surface area contributed by atoms with E-state index in [1.807, 2.05) is 42.5 Å². The number of fused-ring (bicyclic) bond motifs is 1. The molecule has 1 aliphatic heterocycles. The molecule has 0 saturated carbocycles. The van der Waals surface area contributed by atoms with Gasteiger partial charge in [-0.25, -0.2) is 4.99 Å². The van der Waals surface area contributed by atoms with Gasteiger partial charge in [-0.1, -0.05) is 43.3 Å². The molecule has 7 nitrogen and oxygen atoms in total. The molecule has 0 bridgehead atoms. The summed E-state index contributed by atoms with van der Waals surface area (Å²) in [5.74, 6) is -0.291. The number of carbonyl (C=O) groups is 1. The molecule has 162 valence electrons. The van der Waals surface area contributed by atoms with Crippen LogP contribution in [0.4, 0.5) is 0 Å². The van der Waals surface area contributed by atoms with Gasteiger partial charge in [0.05, 0.1) is 16.7 Å². The van der Waals surface area contributed by atoms with Crippen LogP contribution in [0.3, 0.4) is 0 Å². The standard InChI is InChI=1S/C24H22N4O3S/c1-2-21(29)25-13-12-17-16-10-6-7-11-19(16)26-20(17)14-18-22(30)27-24(32)28(23(18)31)15-8-4-3-5-9-15/h3-11,14,31H,2,12-13H2,1H3,(H,25,29)(H,27,30,32)/b20-14-. The lowest BCUT2D eigenvalue weighted by Crippen LogP contribution is -2.26. The molecule has 8 heteroatoms. The molecule has 0 saturated heterocycles. The predicted molar refractivity (Wildman–Crippen MR) is 125 cm³/mol. The first kappa shape index (κ1) is 21.5. The van der Waals surface area contributed by atoms with Crippen molar-refractivity contribution in [2.24, 2.45) is 4.99 Å². The SMILES string of the molecule is CCC(=O)NCCC1=c2ccccc2=N/C1=C\c1c(O)n(-c2ccccc2)c(=S)[nH]c1=O. The minimum Gasteiger partial charge on any atom is -0.494 e. The molecular weight excluding hydrogens is 424 g/mol. The van der Waals surface area contributed by atoms with E-state index in [1.165, 1.54) is 4.57 Å². The van der Waals surface area contributed by atoms with E-state index in [9.17, 15) is 14.7 Å². The maximum Gasteiger partial charge on any atom is 0.262 e. The Hall–Kier alpha value is -3.78. The van der Waals surface area contributed by atoms with Crippen molar-refractivity contribution in [1.29, 1.82) is 0 Å². The zero-order valence-corrected chi connectivity index (χ0v) is 18.3. The van der Waals surface area contributed by atoms with Crippen molar-refractivity contribution in [3.63, 3.8) is 0 Å². The Morgan fingerprint density at radius 2 is 1.91 bits per heavy atom. The number of nitrogens with one attached hydrogen (secondary N) is 2. The average Bonchev–Trinajstić information content (AvgIpc) is 3.14. The Balaban J connectivity index is 1.83. The number of aromatic hydroxyl groups is 1. The topological polar surface area (TPSA) is 99.5 Å². The second-order valence-electron chi connectivity index (χ2n) is 7.26. The Bertz CT molecular complexity index is 1450. The summed E-state index contributed by atoms with van der Waals surface area (Å²) in [6.45, 7) is 2.24. The summed E-state index contributed by atoms with van der Waals surface area (Å²) < 4.78 is 1.51. The highest BCUT2D eigenvalue weighted by atomic mass is 32.1. The summed E-state index contributed by atoms with van der Waals surface area (Å²) in [5.41, 5.74) is 1.64. The molecular formula is C24H22N4O3S. The average molecular weight is 447 g/mol. The van der Waals surface area contributed by atoms with E-state index in [0.717, 1.165) is 16.1 Å². The van der Waals surface area contributed by atoms with Crippen LogP contribution in [0.5, 0.6) is 5.88 Å². The third-order valence-electron chi connectivity index (χ3n) is 5.21. The highest BCUT2D eigenvalue weighted by Crippen LogP contribution is 2.25. The van der Waals surface area contributed by atoms with Gasteiger partial charge in [-0.05, 0) is 48.5 Å². The van der Waals surface area contributed by atoms with Crippen molar-refractivity contribution in [1.82, 2.24) is 14.9 Å². The maximum absolute atomic E-state index is 12.7. The van der Waals surface area contributed by atoms with E-state index in [0.29, 0.717) is 30.8 Å². The molecule has 2 aromatic carbocycles. The molecule has 3 aromatic rings. The normalized spacial score (nSPS) is 13.7. The van der Waals surface area contributed by atoms with Gasteiger partial charge < -0.3 is 10.4 Å². The molecule has 0 unspecified atom stereocenters. The Morgan fingerprint density at radius 1 is 1.19 bits per heavy atom. The first-order chi connectivity index (χ1) is 15.5. The Morgan fingerprint density at radius 3 is 2.66 bits per heavy atom. The number of hydrogen-bond donors (Lipinski definition) is 3. The number of carbonyl (C=O) groups excluding carboxylic acids is 1. The van der Waals surface area contributed by atoms with Crippen LogP contribution in [0.2, 0.25) is 0 Å². The molecule has 32 heavy (non-hydrogen) atoms. The lowest BCUT2D eigenvalue weighted by Gasteiger charge is -2.12. The van der Waals surface area contributed by atoms with Crippen LogP contribution in [-0.2, 0) is 4.79 Å². The molecule has 0 radical (unpaired) electrons. The fourth-order valence-electron chi connectivity index (χ4n) is 3.62. The number of amides is 1. The summed E-state index contributed by atoms with van der Waals surface area (Å²) >= 11 is 5.28. The van der Waals surface area contributed by atoms with E-state index in [4.69, 9.17) is 12.2 Å². The molecule has 0 aliphatic carbocycles. The number of allylic oxidation sites excluding steroid dienone is 1. The molecule has 1 aliphatic rings. The number of hydrogen-bond acceptors (Lipinski definition) is 5. The number of aromatic nitrogens is 2. The molecule has 1 aromatic heterocycles. The predicted octanol–water partition coefficient (Wildman–Crippen LogP) is 2.34. The van der Waals surface area contributed by atoms with Gasteiger partial charge in [0.1, 0.15) is 5.56 Å². The molecule has 1 amide bonds. The van der Waals surface area contributed by atoms with Gasteiger partial charge in [-0.2, -0.15) is 0 Å². The van der Waals surface area contributed by atoms with E-state index < -0.39 is 5.56 Å². The first-order valence-corrected chi connectivity index (χ1v) is 10.7. The van der Waals surface area contributed by atoms with Crippen LogP contribution in [0.1, 0.15) is 25.3 Å². The van der Waals surface area contributed by atoms with Crippen molar-refractivity contribution in [3.8, 4) is 11.6 Å². The number of H-pyrrole nitrogens is 1. The highest BCUT2D eigenvalue weighted by Gasteiger charge is 2.17. The van der Waals surface area contributed by atoms with Crippen molar-refractivity contribution >= 4 is 29.8 Å². The van der Waals surface area contributed by atoms with Gasteiger partial charge in [-0.3, -0.25) is 19.1 Å². The van der Waals surface area contributed by atoms with E-state index in [1.54, 1.807) is 25.1 Å². The quantitative estimate of drug-likeness (QED) is 0.506. The molecule has 0 spiro atoms. The fourth-order valence-corrected chi connectivity index (χ4v) is 3.90. The summed E-state index contributed by atoms with van der Waals surface area (Å²) in [4.78, 5) is 31.7. The van der Waals surface area contributed by atoms with E-state index in [2.05, 4.69) is 15.3 Å². The largest absolute Gasteiger partial charge is 0.494 e. The van der Waals surface area contributed by atoms with Crippen LogP contribution in [-0.4, -0.2) is 27.1 Å². The lowest BCUT2D eigenvalue weighted by atomic mass is 10.1. The van der Waals surface area contributed by atoms with Crippen LogP contribution in [0.25, 0.3) is 17.3 Å². The van der Waals surface area contributed by atoms with Crippen molar-refractivity contribution in [2.45, 2.75) is 19.8 Å². The molecule has 3 N–H and O–H groups in total. The minimum atomic E-state index is -0.503. The van der Waals surface area contributed by atoms with E-state index in [-0.39, 0.29) is 22.1 Å². The third kappa shape index (κ3) is 4.17. The maximum atomic E-state index is 12.7. The van der Waals surface area contributed by atoms with Crippen molar-refractivity contribution in [2.75, 3.05) is 6.54 Å². The monoisotopic (exact) mass is 446 g/mol. The lowest BCUT2D eigenvalue weighted by molar-refractivity contribution is -0.120. The van der Waals surface area contributed by atoms with Gasteiger partial charge in [0.2, 0.25) is 11.8 Å². The summed E-state index contributed by atoms with van der Waals surface area (Å²) in [5, 5.41) is 15.6. The van der Waals surface area contributed by atoms with Gasteiger partial charge in [0.25, 0.3) is 5.56 Å². The highest BCUT2D eigenvalue weighted by molar-refractivity contribution is 7.71. The van der Waals surface area contributed by atoms with Crippen LogP contribution in [0, 0.1) is 4.77 Å². The zero-order chi connectivity index (χ0) is 22.7. The van der Waals surface area contributed by atoms with Crippen LogP contribution < -0.4 is 21.5 Å². The van der Waals surface area contributed by atoms with Crippen LogP contribution >= 0.6 is 12.2 Å².